The number of hydrogen-bond acceptors (Lipinski definition) is 3. The van der Waals surface area contributed by atoms with Crippen molar-refractivity contribution in [3.05, 3.63) is 245 Å². The minimum atomic E-state index is -0.449. The van der Waals surface area contributed by atoms with Gasteiger partial charge in [0.05, 0.1) is 11.1 Å². The van der Waals surface area contributed by atoms with Crippen LogP contribution in [-0.4, -0.2) is 6.71 Å². The summed E-state index contributed by atoms with van der Waals surface area (Å²) in [6, 6.07) is 77.8. The van der Waals surface area contributed by atoms with Gasteiger partial charge in [0.25, 0.3) is 6.71 Å². The van der Waals surface area contributed by atoms with Gasteiger partial charge < -0.3 is 9.80 Å². The van der Waals surface area contributed by atoms with E-state index in [0.29, 0.717) is 0 Å². The number of rotatable bonds is 4. The van der Waals surface area contributed by atoms with E-state index in [1.165, 1.54) is 127 Å². The Bertz CT molecular complexity index is 3600. The molecule has 310 valence electrons. The van der Waals surface area contributed by atoms with Gasteiger partial charge >= 0.3 is 0 Å². The molecule has 0 atom stereocenters. The Hall–Kier alpha value is -7.66. The number of aryl methyl sites for hydroxylation is 3. The van der Waals surface area contributed by atoms with Gasteiger partial charge in [0.2, 0.25) is 0 Å². The predicted octanol–water partition coefficient (Wildman–Crippen LogP) is 14.4. The monoisotopic (exact) mass is 858 g/mol. The first-order chi connectivity index (χ1) is 32.5. The number of nitrogens with zero attached hydrogens (tertiary/aromatic N) is 2. The minimum Gasteiger partial charge on any atom is -0.311 e. The molecule has 0 saturated carbocycles. The third-order valence-electron chi connectivity index (χ3n) is 14.8. The number of para-hydroxylation sites is 2. The molecule has 1 aromatic heterocycles. The Kier molecular flexibility index (Phi) is 7.95. The lowest BCUT2D eigenvalue weighted by Gasteiger charge is -2.43. The largest absolute Gasteiger partial charge is 0.311 e. The third kappa shape index (κ3) is 5.02. The molecule has 4 aliphatic rings. The molecule has 2 aliphatic carbocycles. The molecule has 0 unspecified atom stereocenters. The van der Waals surface area contributed by atoms with Crippen LogP contribution in [0.25, 0.3) is 44.5 Å². The van der Waals surface area contributed by atoms with Gasteiger partial charge in [-0.05, 0) is 135 Å². The second kappa shape index (κ2) is 13.9. The highest BCUT2D eigenvalue weighted by atomic mass is 32.1. The quantitative estimate of drug-likeness (QED) is 0.163. The van der Waals surface area contributed by atoms with Crippen molar-refractivity contribution in [3.8, 4) is 44.5 Å². The molecule has 9 aromatic carbocycles. The van der Waals surface area contributed by atoms with Crippen LogP contribution in [0.1, 0.15) is 38.3 Å². The second-order valence-electron chi connectivity index (χ2n) is 18.6. The predicted molar refractivity (Wildman–Crippen MR) is 280 cm³/mol. The Labute approximate surface area is 390 Å². The highest BCUT2D eigenvalue weighted by Crippen LogP contribution is 2.67. The summed E-state index contributed by atoms with van der Waals surface area (Å²) in [7, 11) is 0. The molecule has 1 spiro atoms. The average Bonchev–Trinajstić information content (AvgIpc) is 3.98. The van der Waals surface area contributed by atoms with Crippen molar-refractivity contribution in [2.24, 2.45) is 0 Å². The van der Waals surface area contributed by atoms with Gasteiger partial charge in [0, 0.05) is 43.7 Å². The molecule has 14 rings (SSSR count). The summed E-state index contributed by atoms with van der Waals surface area (Å²) in [5.74, 6) is 0. The molecule has 0 fully saturated rings. The van der Waals surface area contributed by atoms with E-state index in [9.17, 15) is 0 Å². The first-order valence-corrected chi connectivity index (χ1v) is 23.9. The lowest BCUT2D eigenvalue weighted by molar-refractivity contribution is 0.810. The van der Waals surface area contributed by atoms with Crippen molar-refractivity contribution in [3.63, 3.8) is 0 Å². The van der Waals surface area contributed by atoms with Gasteiger partial charge in [-0.15, -0.1) is 11.3 Å². The van der Waals surface area contributed by atoms with Crippen molar-refractivity contribution in [2.75, 3.05) is 9.80 Å². The molecule has 0 bridgehead atoms. The zero-order valence-corrected chi connectivity index (χ0v) is 37.8. The van der Waals surface area contributed by atoms with Gasteiger partial charge in [-0.2, -0.15) is 0 Å². The van der Waals surface area contributed by atoms with E-state index < -0.39 is 5.41 Å². The normalized spacial score (nSPS) is 14.0. The molecule has 2 aliphatic heterocycles. The standard InChI is InChI=1S/C62H43BN2S/c1-38-27-30-45(41-17-7-4-8-18-41)49(33-38)42-29-32-53-54(37-42)64(43-19-9-5-10-20-43)55-35-40(3)36-56-58(55)63(53)61-59(65(56)44-21-11-6-12-22-44)57-48-31-28-39(2)34-52(48)62(60(57)66-61)50-25-15-13-23-46(50)47-24-14-16-26-51(47)62/h4-37H,1-3H3. The fourth-order valence-electron chi connectivity index (χ4n) is 12.2. The van der Waals surface area contributed by atoms with E-state index in [1.54, 1.807) is 0 Å². The molecule has 10 aromatic rings. The van der Waals surface area contributed by atoms with Crippen molar-refractivity contribution >= 4 is 67.9 Å². The van der Waals surface area contributed by atoms with Gasteiger partial charge in [-0.25, -0.2) is 0 Å². The van der Waals surface area contributed by atoms with Crippen LogP contribution < -0.4 is 25.5 Å². The summed E-state index contributed by atoms with van der Waals surface area (Å²) >= 11 is 2.05. The lowest BCUT2D eigenvalue weighted by Crippen LogP contribution is -2.60. The summed E-state index contributed by atoms with van der Waals surface area (Å²) in [6.45, 7) is 6.73. The maximum atomic E-state index is 2.63. The Balaban J connectivity index is 1.11. The number of hydrogen-bond donors (Lipinski definition) is 0. The summed E-state index contributed by atoms with van der Waals surface area (Å²) in [5.41, 5.74) is 27.8. The van der Waals surface area contributed by atoms with Crippen molar-refractivity contribution in [1.29, 1.82) is 0 Å². The third-order valence-corrected chi connectivity index (χ3v) is 16.1. The molecule has 0 amide bonds. The van der Waals surface area contributed by atoms with Gasteiger partial charge in [0.1, 0.15) is 0 Å². The van der Waals surface area contributed by atoms with Crippen LogP contribution in [0.4, 0.5) is 34.1 Å². The van der Waals surface area contributed by atoms with Crippen LogP contribution >= 0.6 is 11.3 Å². The van der Waals surface area contributed by atoms with Gasteiger partial charge in [-0.3, -0.25) is 0 Å². The SMILES string of the molecule is Cc1ccc(-c2ccccc2)c(-c2ccc3c(c2)N(c2ccccc2)c2cc(C)cc4c2B3c2sc3c(c2N4c2ccccc2)-c2ccc(C)cc2C32c3ccccc3-c3ccccc32)c1. The summed E-state index contributed by atoms with van der Waals surface area (Å²) in [5, 5.41) is 0. The maximum Gasteiger partial charge on any atom is 0.264 e. The van der Waals surface area contributed by atoms with E-state index in [4.69, 9.17) is 0 Å². The first kappa shape index (κ1) is 37.7. The first-order valence-electron chi connectivity index (χ1n) is 23.1. The number of fused-ring (bicyclic) bond motifs is 15. The number of anilines is 6. The Morgan fingerprint density at radius 2 is 0.985 bits per heavy atom. The topological polar surface area (TPSA) is 6.48 Å². The minimum absolute atomic E-state index is 0.00545. The molecule has 0 saturated heterocycles. The number of thiophene rings is 1. The van der Waals surface area contributed by atoms with Crippen LogP contribution in [0.15, 0.2) is 206 Å². The van der Waals surface area contributed by atoms with Crippen molar-refractivity contribution in [2.45, 2.75) is 26.2 Å². The van der Waals surface area contributed by atoms with Crippen molar-refractivity contribution < 1.29 is 0 Å². The summed E-state index contributed by atoms with van der Waals surface area (Å²) < 4.78 is 1.40. The Morgan fingerprint density at radius 1 is 0.409 bits per heavy atom. The van der Waals surface area contributed by atoms with E-state index in [1.807, 2.05) is 0 Å². The zero-order valence-electron chi connectivity index (χ0n) is 37.0. The van der Waals surface area contributed by atoms with E-state index in [-0.39, 0.29) is 6.71 Å². The van der Waals surface area contributed by atoms with Crippen LogP contribution in [-0.2, 0) is 5.41 Å². The van der Waals surface area contributed by atoms with E-state index in [0.717, 1.165) is 5.69 Å². The van der Waals surface area contributed by atoms with Crippen LogP contribution in [0.3, 0.4) is 0 Å². The molecule has 4 heteroatoms. The fraction of sp³-hybridized carbons (Fsp3) is 0.0645. The van der Waals surface area contributed by atoms with Crippen LogP contribution in [0.2, 0.25) is 0 Å². The smallest absolute Gasteiger partial charge is 0.264 e. The number of benzene rings is 9. The van der Waals surface area contributed by atoms with Crippen molar-refractivity contribution in [1.82, 2.24) is 0 Å². The fourth-order valence-corrected chi connectivity index (χ4v) is 13.8. The summed E-state index contributed by atoms with van der Waals surface area (Å²) in [6.07, 6.45) is 0. The molecule has 66 heavy (non-hydrogen) atoms. The van der Waals surface area contributed by atoms with Gasteiger partial charge in [0.15, 0.2) is 0 Å². The summed E-state index contributed by atoms with van der Waals surface area (Å²) in [4.78, 5) is 6.61. The highest BCUT2D eigenvalue weighted by molar-refractivity contribution is 7.30. The zero-order chi connectivity index (χ0) is 43.8. The molecule has 2 nitrogen and oxygen atoms in total. The molecule has 0 radical (unpaired) electrons. The van der Waals surface area contributed by atoms with Gasteiger partial charge in [-0.1, -0.05) is 175 Å². The molecular weight excluding hydrogens is 816 g/mol. The second-order valence-corrected chi connectivity index (χ2v) is 19.6. The molecule has 0 N–H and O–H groups in total. The Morgan fingerprint density at radius 3 is 1.67 bits per heavy atom. The molecule has 3 heterocycles. The average molecular weight is 859 g/mol. The van der Waals surface area contributed by atoms with Crippen LogP contribution in [0.5, 0.6) is 0 Å². The van der Waals surface area contributed by atoms with Crippen LogP contribution in [0, 0.1) is 20.8 Å². The van der Waals surface area contributed by atoms with E-state index >= 15 is 0 Å². The lowest BCUT2D eigenvalue weighted by atomic mass is 9.36. The van der Waals surface area contributed by atoms with E-state index in [2.05, 4.69) is 248 Å². The molecular formula is C62H43BN2S. The maximum absolute atomic E-state index is 2.63. The highest BCUT2D eigenvalue weighted by Gasteiger charge is 2.57.